The Morgan fingerprint density at radius 3 is 2.93 bits per heavy atom. The van der Waals surface area contributed by atoms with Crippen LogP contribution in [0, 0.1) is 0 Å². The number of ketones is 1. The summed E-state index contributed by atoms with van der Waals surface area (Å²) in [5, 5.41) is 0. The molecule has 0 aliphatic carbocycles. The third-order valence-electron chi connectivity index (χ3n) is 2.59. The molecule has 0 bridgehead atoms. The Labute approximate surface area is 79.8 Å². The highest BCUT2D eigenvalue weighted by Gasteiger charge is 2.62. The number of carbonyl (C=O) groups is 3. The van der Waals surface area contributed by atoms with Gasteiger partial charge >= 0.3 is 5.97 Å². The van der Waals surface area contributed by atoms with Gasteiger partial charge in [0.25, 0.3) is 0 Å². The fraction of sp³-hybridized carbons (Fsp3) is 0.625. The van der Waals surface area contributed by atoms with E-state index >= 15 is 0 Å². The molecule has 2 saturated heterocycles. The Balaban J connectivity index is 2.43. The van der Waals surface area contributed by atoms with Crippen molar-refractivity contribution in [2.45, 2.75) is 12.0 Å². The molecule has 0 spiro atoms. The third kappa shape index (κ3) is 0.859. The summed E-state index contributed by atoms with van der Waals surface area (Å²) in [5.41, 5.74) is -1.49. The average Bonchev–Trinajstić information content (AvgIpc) is 2.68. The topological polar surface area (TPSA) is 72.9 Å². The van der Waals surface area contributed by atoms with Gasteiger partial charge in [-0.05, 0) is 0 Å². The molecule has 0 N–H and O–H groups in total. The van der Waals surface area contributed by atoms with Crippen LogP contribution in [0.1, 0.15) is 6.42 Å². The summed E-state index contributed by atoms with van der Waals surface area (Å²) in [6, 6.07) is 0. The number of methoxy groups -OCH3 is 1. The van der Waals surface area contributed by atoms with E-state index < -0.39 is 17.3 Å². The van der Waals surface area contributed by atoms with Gasteiger partial charge in [0.1, 0.15) is 6.73 Å². The van der Waals surface area contributed by atoms with Crippen molar-refractivity contribution in [3.05, 3.63) is 0 Å². The number of hydrogen-bond donors (Lipinski definition) is 0. The first-order valence-electron chi connectivity index (χ1n) is 4.13. The summed E-state index contributed by atoms with van der Waals surface area (Å²) in [6.45, 7) is -0.107. The van der Waals surface area contributed by atoms with E-state index in [1.807, 2.05) is 0 Å². The summed E-state index contributed by atoms with van der Waals surface area (Å²) >= 11 is 0. The SMILES string of the molecule is COC(=O)[C@]12COCN1C(=O)CC2=O. The quantitative estimate of drug-likeness (QED) is 0.387. The number of ether oxygens (including phenoxy) is 2. The number of hydrogen-bond acceptors (Lipinski definition) is 5. The van der Waals surface area contributed by atoms with Gasteiger partial charge in [-0.3, -0.25) is 14.5 Å². The van der Waals surface area contributed by atoms with Crippen molar-refractivity contribution in [1.29, 1.82) is 0 Å². The molecule has 6 heteroatoms. The summed E-state index contributed by atoms with van der Waals surface area (Å²) in [5.74, 6) is -1.53. The molecule has 2 heterocycles. The van der Waals surface area contributed by atoms with Crippen molar-refractivity contribution < 1.29 is 23.9 Å². The Kier molecular flexibility index (Phi) is 1.81. The van der Waals surface area contributed by atoms with E-state index in [0.717, 1.165) is 4.90 Å². The highest BCUT2D eigenvalue weighted by Crippen LogP contribution is 2.32. The molecule has 76 valence electrons. The second-order valence-electron chi connectivity index (χ2n) is 3.25. The molecular formula is C8H9NO5. The van der Waals surface area contributed by atoms with Crippen LogP contribution in [0.4, 0.5) is 0 Å². The minimum absolute atomic E-state index is 0.0142. The first-order valence-corrected chi connectivity index (χ1v) is 4.13. The molecule has 0 unspecified atom stereocenters. The molecule has 2 aliphatic heterocycles. The first kappa shape index (κ1) is 9.14. The maximum atomic E-state index is 11.5. The number of carbonyl (C=O) groups excluding carboxylic acids is 3. The number of fused-ring (bicyclic) bond motifs is 1. The van der Waals surface area contributed by atoms with Gasteiger partial charge < -0.3 is 9.47 Å². The number of nitrogens with zero attached hydrogens (tertiary/aromatic N) is 1. The molecule has 2 fully saturated rings. The minimum atomic E-state index is -1.49. The highest BCUT2D eigenvalue weighted by atomic mass is 16.5. The Morgan fingerprint density at radius 2 is 2.29 bits per heavy atom. The lowest BCUT2D eigenvalue weighted by Crippen LogP contribution is -2.54. The number of esters is 1. The Morgan fingerprint density at radius 1 is 1.57 bits per heavy atom. The lowest BCUT2D eigenvalue weighted by molar-refractivity contribution is -0.157. The normalized spacial score (nSPS) is 30.8. The maximum absolute atomic E-state index is 11.5. The van der Waals surface area contributed by atoms with E-state index in [9.17, 15) is 14.4 Å². The van der Waals surface area contributed by atoms with Crippen molar-refractivity contribution in [3.8, 4) is 0 Å². The maximum Gasteiger partial charge on any atom is 0.342 e. The van der Waals surface area contributed by atoms with Gasteiger partial charge in [0.05, 0.1) is 20.1 Å². The van der Waals surface area contributed by atoms with Crippen LogP contribution >= 0.6 is 0 Å². The molecule has 1 atom stereocenters. The number of Topliss-reactive ketones (excluding diaryl/α,β-unsaturated/α-hetero) is 1. The van der Waals surface area contributed by atoms with Crippen LogP contribution in [0.3, 0.4) is 0 Å². The fourth-order valence-corrected chi connectivity index (χ4v) is 1.82. The van der Waals surface area contributed by atoms with E-state index in [1.165, 1.54) is 7.11 Å². The molecule has 0 saturated carbocycles. The lowest BCUT2D eigenvalue weighted by Gasteiger charge is -2.24. The van der Waals surface area contributed by atoms with Crippen molar-refractivity contribution >= 4 is 17.7 Å². The summed E-state index contributed by atoms with van der Waals surface area (Å²) in [4.78, 5) is 35.5. The summed E-state index contributed by atoms with van der Waals surface area (Å²) in [6.07, 6.45) is -0.238. The predicted molar refractivity (Wildman–Crippen MR) is 42.0 cm³/mol. The Hall–Kier alpha value is -1.43. The second kappa shape index (κ2) is 2.78. The zero-order valence-electron chi connectivity index (χ0n) is 7.61. The number of amides is 1. The zero-order valence-corrected chi connectivity index (χ0v) is 7.61. The van der Waals surface area contributed by atoms with E-state index in [-0.39, 0.29) is 25.7 Å². The highest BCUT2D eigenvalue weighted by molar-refractivity contribution is 6.21. The smallest absolute Gasteiger partial charge is 0.342 e. The lowest BCUT2D eigenvalue weighted by atomic mass is 9.97. The molecule has 0 radical (unpaired) electrons. The van der Waals surface area contributed by atoms with E-state index in [4.69, 9.17) is 4.74 Å². The van der Waals surface area contributed by atoms with Crippen LogP contribution in [0.5, 0.6) is 0 Å². The van der Waals surface area contributed by atoms with Crippen LogP contribution in [-0.2, 0) is 23.9 Å². The van der Waals surface area contributed by atoms with Crippen molar-refractivity contribution in [2.75, 3.05) is 20.4 Å². The average molecular weight is 199 g/mol. The van der Waals surface area contributed by atoms with Crippen LogP contribution < -0.4 is 0 Å². The third-order valence-corrected chi connectivity index (χ3v) is 2.59. The molecule has 0 aromatic heterocycles. The molecule has 0 aromatic carbocycles. The van der Waals surface area contributed by atoms with Crippen LogP contribution in [0.2, 0.25) is 0 Å². The number of rotatable bonds is 1. The van der Waals surface area contributed by atoms with Crippen LogP contribution in [0.15, 0.2) is 0 Å². The summed E-state index contributed by atoms with van der Waals surface area (Å²) in [7, 11) is 1.18. The predicted octanol–water partition coefficient (Wildman–Crippen LogP) is -1.31. The van der Waals surface area contributed by atoms with Gasteiger partial charge in [-0.1, -0.05) is 0 Å². The molecule has 2 rings (SSSR count). The van der Waals surface area contributed by atoms with Gasteiger partial charge in [0, 0.05) is 0 Å². The van der Waals surface area contributed by atoms with Crippen molar-refractivity contribution in [3.63, 3.8) is 0 Å². The van der Waals surface area contributed by atoms with E-state index in [1.54, 1.807) is 0 Å². The van der Waals surface area contributed by atoms with E-state index in [2.05, 4.69) is 4.74 Å². The summed E-state index contributed by atoms with van der Waals surface area (Å²) < 4.78 is 9.49. The molecule has 1 amide bonds. The molecule has 6 nitrogen and oxygen atoms in total. The second-order valence-corrected chi connectivity index (χ2v) is 3.25. The van der Waals surface area contributed by atoms with E-state index in [0.29, 0.717) is 0 Å². The monoisotopic (exact) mass is 199 g/mol. The molecule has 14 heavy (non-hydrogen) atoms. The minimum Gasteiger partial charge on any atom is -0.467 e. The van der Waals surface area contributed by atoms with Crippen LogP contribution in [0.25, 0.3) is 0 Å². The fourth-order valence-electron chi connectivity index (χ4n) is 1.82. The van der Waals surface area contributed by atoms with Gasteiger partial charge in [0.15, 0.2) is 5.78 Å². The van der Waals surface area contributed by atoms with Gasteiger partial charge in [-0.2, -0.15) is 0 Å². The molecule has 0 aromatic rings. The van der Waals surface area contributed by atoms with Crippen LogP contribution in [-0.4, -0.2) is 48.5 Å². The molecular weight excluding hydrogens is 190 g/mol. The molecule has 2 aliphatic rings. The van der Waals surface area contributed by atoms with Gasteiger partial charge in [-0.15, -0.1) is 0 Å². The Bertz CT molecular complexity index is 326. The van der Waals surface area contributed by atoms with Gasteiger partial charge in [-0.25, -0.2) is 4.79 Å². The zero-order chi connectivity index (χ0) is 10.3. The van der Waals surface area contributed by atoms with Crippen molar-refractivity contribution in [2.24, 2.45) is 0 Å². The largest absolute Gasteiger partial charge is 0.467 e. The standard InChI is InChI=1S/C8H9NO5/c1-13-7(12)8-3-14-4-9(8)6(11)2-5(8)10/h2-4H2,1H3/t8-/m1/s1. The van der Waals surface area contributed by atoms with Crippen molar-refractivity contribution in [1.82, 2.24) is 4.90 Å². The van der Waals surface area contributed by atoms with Gasteiger partial charge in [0.2, 0.25) is 11.4 Å². The first-order chi connectivity index (χ1) is 6.63.